The molecule has 0 radical (unpaired) electrons. The predicted octanol–water partition coefficient (Wildman–Crippen LogP) is 4.46. The van der Waals surface area contributed by atoms with Crippen molar-refractivity contribution < 1.29 is 18.0 Å². The zero-order valence-corrected chi connectivity index (χ0v) is 13.3. The molecule has 23 heavy (non-hydrogen) atoms. The van der Waals surface area contributed by atoms with E-state index in [4.69, 9.17) is 11.6 Å². The van der Waals surface area contributed by atoms with Gasteiger partial charge in [0.25, 0.3) is 5.91 Å². The lowest BCUT2D eigenvalue weighted by atomic mass is 9.84. The lowest BCUT2D eigenvalue weighted by Crippen LogP contribution is -2.37. The summed E-state index contributed by atoms with van der Waals surface area (Å²) in [6.45, 7) is 3.62. The molecule has 0 atom stereocenters. The average molecular weight is 342 g/mol. The Morgan fingerprint density at radius 1 is 1.09 bits per heavy atom. The van der Waals surface area contributed by atoms with Gasteiger partial charge in [-0.2, -0.15) is 0 Å². The molecule has 6 heteroatoms. The molecule has 0 aromatic heterocycles. The second-order valence-electron chi connectivity index (χ2n) is 5.79. The Bertz CT molecular complexity index is 747. The summed E-state index contributed by atoms with van der Waals surface area (Å²) in [5.74, 6) is -3.32. The molecule has 2 rings (SSSR count). The van der Waals surface area contributed by atoms with Gasteiger partial charge in [0.2, 0.25) is 0 Å². The molecule has 0 saturated heterocycles. The van der Waals surface area contributed by atoms with E-state index in [1.54, 1.807) is 32.0 Å². The molecule has 0 aliphatic heterocycles. The molecule has 0 bridgehead atoms. The van der Waals surface area contributed by atoms with Crippen LogP contribution in [0.15, 0.2) is 36.4 Å². The highest BCUT2D eigenvalue weighted by Gasteiger charge is 2.25. The van der Waals surface area contributed by atoms with Gasteiger partial charge < -0.3 is 5.32 Å². The third-order valence-corrected chi connectivity index (χ3v) is 3.86. The molecule has 2 aromatic rings. The maximum absolute atomic E-state index is 13.9. The minimum atomic E-state index is -1.16. The van der Waals surface area contributed by atoms with Crippen molar-refractivity contribution >= 4 is 17.5 Å². The standard InChI is InChI=1S/C17H15ClF3NO/c1-17(2,11-5-3-4-6-13(11)19)9-22-16(23)10-7-14(20)15(21)8-12(10)18/h3-8H,9H2,1-2H3,(H,22,23). The normalized spacial score (nSPS) is 11.4. The van der Waals surface area contributed by atoms with Crippen LogP contribution in [-0.4, -0.2) is 12.5 Å². The van der Waals surface area contributed by atoms with Crippen molar-refractivity contribution in [2.45, 2.75) is 19.3 Å². The van der Waals surface area contributed by atoms with Crippen LogP contribution < -0.4 is 5.32 Å². The Labute approximate surface area is 137 Å². The Morgan fingerprint density at radius 3 is 2.35 bits per heavy atom. The zero-order valence-electron chi connectivity index (χ0n) is 12.6. The van der Waals surface area contributed by atoms with Crippen LogP contribution in [0.5, 0.6) is 0 Å². The number of carbonyl (C=O) groups excluding carboxylic acids is 1. The van der Waals surface area contributed by atoms with E-state index in [1.807, 2.05) is 0 Å². The van der Waals surface area contributed by atoms with E-state index in [0.29, 0.717) is 5.56 Å². The highest BCUT2D eigenvalue weighted by atomic mass is 35.5. The fraction of sp³-hybridized carbons (Fsp3) is 0.235. The fourth-order valence-corrected chi connectivity index (χ4v) is 2.43. The minimum Gasteiger partial charge on any atom is -0.351 e. The molecule has 122 valence electrons. The van der Waals surface area contributed by atoms with E-state index in [1.165, 1.54) is 6.07 Å². The Morgan fingerprint density at radius 2 is 1.70 bits per heavy atom. The van der Waals surface area contributed by atoms with Gasteiger partial charge in [0.15, 0.2) is 11.6 Å². The molecule has 1 amide bonds. The number of hydrogen-bond donors (Lipinski definition) is 1. The summed E-state index contributed by atoms with van der Waals surface area (Å²) in [7, 11) is 0. The quantitative estimate of drug-likeness (QED) is 0.817. The first-order valence-corrected chi connectivity index (χ1v) is 7.28. The summed E-state index contributed by atoms with van der Waals surface area (Å²) >= 11 is 5.76. The minimum absolute atomic E-state index is 0.0993. The third-order valence-electron chi connectivity index (χ3n) is 3.55. The van der Waals surface area contributed by atoms with Gasteiger partial charge in [0.05, 0.1) is 10.6 Å². The maximum Gasteiger partial charge on any atom is 0.252 e. The Balaban J connectivity index is 2.16. The number of benzene rings is 2. The van der Waals surface area contributed by atoms with Crippen LogP contribution in [-0.2, 0) is 5.41 Å². The van der Waals surface area contributed by atoms with Gasteiger partial charge in [0.1, 0.15) is 5.82 Å². The van der Waals surface area contributed by atoms with E-state index in [9.17, 15) is 18.0 Å². The summed E-state index contributed by atoms with van der Waals surface area (Å²) in [5.41, 5.74) is -0.418. The molecule has 1 N–H and O–H groups in total. The smallest absolute Gasteiger partial charge is 0.252 e. The van der Waals surface area contributed by atoms with E-state index in [2.05, 4.69) is 5.32 Å². The molecule has 0 saturated carbocycles. The average Bonchev–Trinajstić information content (AvgIpc) is 2.49. The van der Waals surface area contributed by atoms with Gasteiger partial charge in [0, 0.05) is 12.0 Å². The highest BCUT2D eigenvalue weighted by molar-refractivity contribution is 6.33. The van der Waals surface area contributed by atoms with E-state index in [0.717, 1.165) is 12.1 Å². The molecule has 0 fully saturated rings. The van der Waals surface area contributed by atoms with E-state index >= 15 is 0 Å². The van der Waals surface area contributed by atoms with Crippen LogP contribution >= 0.6 is 11.6 Å². The summed E-state index contributed by atoms with van der Waals surface area (Å²) in [5, 5.41) is 2.38. The summed E-state index contributed by atoms with van der Waals surface area (Å²) in [6.07, 6.45) is 0. The number of nitrogens with one attached hydrogen (secondary N) is 1. The van der Waals surface area contributed by atoms with Crippen molar-refractivity contribution in [2.24, 2.45) is 0 Å². The van der Waals surface area contributed by atoms with Crippen molar-refractivity contribution in [1.82, 2.24) is 5.32 Å². The molecule has 2 nitrogen and oxygen atoms in total. The first-order valence-electron chi connectivity index (χ1n) is 6.90. The van der Waals surface area contributed by atoms with E-state index < -0.39 is 23.0 Å². The van der Waals surface area contributed by atoms with Crippen LogP contribution in [0.2, 0.25) is 5.02 Å². The molecule has 0 heterocycles. The van der Waals surface area contributed by atoms with Crippen LogP contribution in [0.3, 0.4) is 0 Å². The lowest BCUT2D eigenvalue weighted by Gasteiger charge is -2.26. The lowest BCUT2D eigenvalue weighted by molar-refractivity contribution is 0.0945. The number of amides is 1. The molecule has 0 spiro atoms. The fourth-order valence-electron chi connectivity index (χ4n) is 2.20. The van der Waals surface area contributed by atoms with Crippen LogP contribution in [0.4, 0.5) is 13.2 Å². The van der Waals surface area contributed by atoms with E-state index in [-0.39, 0.29) is 22.9 Å². The van der Waals surface area contributed by atoms with Crippen molar-refractivity contribution in [3.8, 4) is 0 Å². The zero-order chi connectivity index (χ0) is 17.2. The van der Waals surface area contributed by atoms with Crippen LogP contribution in [0.25, 0.3) is 0 Å². The summed E-state index contributed by atoms with van der Waals surface area (Å²) in [6, 6.07) is 7.73. The number of halogens is 4. The number of carbonyl (C=O) groups is 1. The highest BCUT2D eigenvalue weighted by Crippen LogP contribution is 2.25. The summed E-state index contributed by atoms with van der Waals surface area (Å²) < 4.78 is 40.1. The SMILES string of the molecule is CC(C)(CNC(=O)c1cc(F)c(F)cc1Cl)c1ccccc1F. The predicted molar refractivity (Wildman–Crippen MR) is 83.1 cm³/mol. The second kappa shape index (κ2) is 6.62. The second-order valence-corrected chi connectivity index (χ2v) is 6.20. The number of rotatable bonds is 4. The van der Waals surface area contributed by atoms with Gasteiger partial charge in [-0.05, 0) is 23.8 Å². The molecule has 0 aliphatic carbocycles. The van der Waals surface area contributed by atoms with Crippen LogP contribution in [0.1, 0.15) is 29.8 Å². The number of hydrogen-bond acceptors (Lipinski definition) is 1. The van der Waals surface area contributed by atoms with Gasteiger partial charge >= 0.3 is 0 Å². The van der Waals surface area contributed by atoms with Gasteiger partial charge in [-0.15, -0.1) is 0 Å². The molecular weight excluding hydrogens is 327 g/mol. The topological polar surface area (TPSA) is 29.1 Å². The Hall–Kier alpha value is -2.01. The molecule has 0 aliphatic rings. The summed E-state index contributed by atoms with van der Waals surface area (Å²) in [4.78, 5) is 12.1. The van der Waals surface area contributed by atoms with Crippen LogP contribution in [0, 0.1) is 17.5 Å². The molecular formula is C17H15ClF3NO. The maximum atomic E-state index is 13.9. The van der Waals surface area contributed by atoms with Gasteiger partial charge in [-0.25, -0.2) is 13.2 Å². The molecule has 2 aromatic carbocycles. The van der Waals surface area contributed by atoms with Crippen molar-refractivity contribution in [1.29, 1.82) is 0 Å². The molecule has 0 unspecified atom stereocenters. The third kappa shape index (κ3) is 3.85. The first kappa shape index (κ1) is 17.3. The Kier molecular flexibility index (Phi) is 5.00. The van der Waals surface area contributed by atoms with Gasteiger partial charge in [-0.1, -0.05) is 43.6 Å². The van der Waals surface area contributed by atoms with Crippen molar-refractivity contribution in [2.75, 3.05) is 6.54 Å². The van der Waals surface area contributed by atoms with Crippen molar-refractivity contribution in [3.05, 3.63) is 70.0 Å². The first-order chi connectivity index (χ1) is 10.7. The monoisotopic (exact) mass is 341 g/mol. The van der Waals surface area contributed by atoms with Gasteiger partial charge in [-0.3, -0.25) is 4.79 Å². The largest absolute Gasteiger partial charge is 0.351 e. The van der Waals surface area contributed by atoms with Crippen molar-refractivity contribution in [3.63, 3.8) is 0 Å².